The van der Waals surface area contributed by atoms with E-state index in [1.54, 1.807) is 0 Å². The van der Waals surface area contributed by atoms with Crippen molar-refractivity contribution in [2.75, 3.05) is 0 Å². The highest BCUT2D eigenvalue weighted by Gasteiger charge is 2.30. The van der Waals surface area contributed by atoms with Crippen molar-refractivity contribution < 1.29 is 0 Å². The summed E-state index contributed by atoms with van der Waals surface area (Å²) in [7, 11) is 0. The molecule has 0 saturated heterocycles. The van der Waals surface area contributed by atoms with E-state index in [0.717, 1.165) is 5.92 Å². The maximum atomic E-state index is 6.17. The predicted octanol–water partition coefficient (Wildman–Crippen LogP) is 3.01. The Morgan fingerprint density at radius 2 is 2.15 bits per heavy atom. The first-order valence-electron chi connectivity index (χ1n) is 4.70. The molecule has 1 aliphatic carbocycles. The van der Waals surface area contributed by atoms with Crippen LogP contribution in [0.2, 0.25) is 0 Å². The molecule has 70 valence electrons. The number of rotatable bonds is 2. The van der Waals surface area contributed by atoms with Crippen LogP contribution in [-0.2, 0) is 0 Å². The second kappa shape index (κ2) is 3.58. The molecule has 0 aliphatic heterocycles. The molecule has 0 amide bonds. The van der Waals surface area contributed by atoms with Gasteiger partial charge in [-0.25, -0.2) is 0 Å². The molecule has 1 aliphatic rings. The van der Waals surface area contributed by atoms with Crippen molar-refractivity contribution >= 4 is 22.6 Å². The van der Waals surface area contributed by atoms with Crippen LogP contribution in [0.15, 0.2) is 18.2 Å². The van der Waals surface area contributed by atoms with E-state index in [2.05, 4.69) is 47.7 Å². The summed E-state index contributed by atoms with van der Waals surface area (Å²) in [6.45, 7) is 2.17. The van der Waals surface area contributed by atoms with Gasteiger partial charge in [-0.3, -0.25) is 0 Å². The van der Waals surface area contributed by atoms with Gasteiger partial charge in [-0.1, -0.05) is 12.1 Å². The number of nitrogens with two attached hydrogens (primary N) is 1. The topological polar surface area (TPSA) is 26.0 Å². The van der Waals surface area contributed by atoms with Crippen molar-refractivity contribution in [3.8, 4) is 0 Å². The largest absolute Gasteiger partial charge is 0.324 e. The van der Waals surface area contributed by atoms with Gasteiger partial charge in [0.2, 0.25) is 0 Å². The Labute approximate surface area is 92.9 Å². The fourth-order valence-corrected chi connectivity index (χ4v) is 2.21. The van der Waals surface area contributed by atoms with Crippen molar-refractivity contribution in [3.63, 3.8) is 0 Å². The van der Waals surface area contributed by atoms with Crippen LogP contribution in [0.25, 0.3) is 0 Å². The molecule has 1 saturated carbocycles. The molecule has 0 heterocycles. The van der Waals surface area contributed by atoms with Crippen LogP contribution >= 0.6 is 22.6 Å². The van der Waals surface area contributed by atoms with Crippen LogP contribution in [-0.4, -0.2) is 0 Å². The van der Waals surface area contributed by atoms with Crippen molar-refractivity contribution in [2.45, 2.75) is 25.8 Å². The molecule has 1 aromatic rings. The Bertz CT molecular complexity index is 318. The normalized spacial score (nSPS) is 18.7. The minimum Gasteiger partial charge on any atom is -0.324 e. The van der Waals surface area contributed by atoms with Crippen LogP contribution in [0.1, 0.15) is 30.0 Å². The Hall–Kier alpha value is -0.0900. The first-order valence-corrected chi connectivity index (χ1v) is 5.78. The molecule has 1 atom stereocenters. The smallest absolute Gasteiger partial charge is 0.0326 e. The zero-order chi connectivity index (χ0) is 9.42. The lowest BCUT2D eigenvalue weighted by Gasteiger charge is -2.14. The first kappa shape index (κ1) is 9.46. The SMILES string of the molecule is Cc1c(I)cccc1[C@@H](N)C1CC1. The molecule has 2 heteroatoms. The Morgan fingerprint density at radius 1 is 1.46 bits per heavy atom. The molecular formula is C11H14IN. The van der Waals surface area contributed by atoms with Gasteiger partial charge >= 0.3 is 0 Å². The molecule has 2 N–H and O–H groups in total. The van der Waals surface area contributed by atoms with E-state index in [1.165, 1.54) is 27.5 Å². The molecule has 0 unspecified atom stereocenters. The number of benzene rings is 1. The quantitative estimate of drug-likeness (QED) is 0.831. The van der Waals surface area contributed by atoms with E-state index < -0.39 is 0 Å². The third-order valence-corrected chi connectivity index (χ3v) is 3.97. The van der Waals surface area contributed by atoms with Gasteiger partial charge in [0, 0.05) is 9.61 Å². The van der Waals surface area contributed by atoms with E-state index in [1.807, 2.05) is 0 Å². The molecule has 2 rings (SSSR count). The molecule has 1 aromatic carbocycles. The summed E-state index contributed by atoms with van der Waals surface area (Å²) in [4.78, 5) is 0. The van der Waals surface area contributed by atoms with Crippen molar-refractivity contribution in [3.05, 3.63) is 32.9 Å². The summed E-state index contributed by atoms with van der Waals surface area (Å²) < 4.78 is 1.33. The van der Waals surface area contributed by atoms with Crippen LogP contribution < -0.4 is 5.73 Å². The summed E-state index contributed by atoms with van der Waals surface area (Å²) in [6.07, 6.45) is 2.62. The van der Waals surface area contributed by atoms with Gasteiger partial charge in [0.25, 0.3) is 0 Å². The lowest BCUT2D eigenvalue weighted by atomic mass is 9.99. The molecule has 0 spiro atoms. The van der Waals surface area contributed by atoms with E-state index >= 15 is 0 Å². The van der Waals surface area contributed by atoms with Crippen LogP contribution in [0.5, 0.6) is 0 Å². The molecule has 1 nitrogen and oxygen atoms in total. The Morgan fingerprint density at radius 3 is 2.77 bits per heavy atom. The second-order valence-corrected chi connectivity index (χ2v) is 4.98. The average Bonchev–Trinajstić information content (AvgIpc) is 2.91. The molecule has 0 radical (unpaired) electrons. The summed E-state index contributed by atoms with van der Waals surface area (Å²) in [5, 5.41) is 0. The number of halogens is 1. The van der Waals surface area contributed by atoms with Gasteiger partial charge < -0.3 is 5.73 Å². The third kappa shape index (κ3) is 1.89. The summed E-state index contributed by atoms with van der Waals surface area (Å²) >= 11 is 2.37. The monoisotopic (exact) mass is 287 g/mol. The van der Waals surface area contributed by atoms with Gasteiger partial charge in [-0.2, -0.15) is 0 Å². The fourth-order valence-electron chi connectivity index (χ4n) is 1.69. The van der Waals surface area contributed by atoms with Gasteiger partial charge in [0.05, 0.1) is 0 Å². The number of hydrogen-bond donors (Lipinski definition) is 1. The van der Waals surface area contributed by atoms with Crippen molar-refractivity contribution in [1.29, 1.82) is 0 Å². The summed E-state index contributed by atoms with van der Waals surface area (Å²) in [5.41, 5.74) is 8.87. The highest BCUT2D eigenvalue weighted by molar-refractivity contribution is 14.1. The van der Waals surface area contributed by atoms with Crippen molar-refractivity contribution in [1.82, 2.24) is 0 Å². The first-order chi connectivity index (χ1) is 6.20. The molecule has 0 aromatic heterocycles. The molecular weight excluding hydrogens is 273 g/mol. The lowest BCUT2D eigenvalue weighted by molar-refractivity contribution is 0.629. The van der Waals surface area contributed by atoms with Crippen LogP contribution in [0.4, 0.5) is 0 Å². The van der Waals surface area contributed by atoms with Crippen LogP contribution in [0.3, 0.4) is 0 Å². The number of hydrogen-bond acceptors (Lipinski definition) is 1. The average molecular weight is 287 g/mol. The standard InChI is InChI=1S/C11H14IN/c1-7-9(3-2-4-10(7)12)11(13)8-5-6-8/h2-4,8,11H,5-6,13H2,1H3/t11-/m0/s1. The Balaban J connectivity index is 2.32. The van der Waals surface area contributed by atoms with Crippen molar-refractivity contribution in [2.24, 2.45) is 11.7 Å². The molecule has 0 bridgehead atoms. The third-order valence-electron chi connectivity index (χ3n) is 2.80. The highest BCUT2D eigenvalue weighted by atomic mass is 127. The minimum atomic E-state index is 0.273. The highest BCUT2D eigenvalue weighted by Crippen LogP contribution is 2.40. The maximum Gasteiger partial charge on any atom is 0.0326 e. The zero-order valence-corrected chi connectivity index (χ0v) is 9.91. The molecule has 13 heavy (non-hydrogen) atoms. The summed E-state index contributed by atoms with van der Waals surface area (Å²) in [5.74, 6) is 0.747. The fraction of sp³-hybridized carbons (Fsp3) is 0.455. The maximum absolute atomic E-state index is 6.17. The van der Waals surface area contributed by atoms with E-state index in [-0.39, 0.29) is 6.04 Å². The van der Waals surface area contributed by atoms with E-state index in [0.29, 0.717) is 0 Å². The van der Waals surface area contributed by atoms with Gasteiger partial charge in [-0.05, 0) is 65.5 Å². The van der Waals surface area contributed by atoms with Gasteiger partial charge in [0.15, 0.2) is 0 Å². The molecule has 1 fully saturated rings. The van der Waals surface area contributed by atoms with Crippen LogP contribution in [0, 0.1) is 16.4 Å². The zero-order valence-electron chi connectivity index (χ0n) is 7.76. The lowest BCUT2D eigenvalue weighted by Crippen LogP contribution is -2.14. The van der Waals surface area contributed by atoms with E-state index in [4.69, 9.17) is 5.73 Å². The van der Waals surface area contributed by atoms with Gasteiger partial charge in [0.1, 0.15) is 0 Å². The Kier molecular flexibility index (Phi) is 2.60. The minimum absolute atomic E-state index is 0.273. The predicted molar refractivity (Wildman–Crippen MR) is 63.5 cm³/mol. The second-order valence-electron chi connectivity index (χ2n) is 3.82. The summed E-state index contributed by atoms with van der Waals surface area (Å²) in [6, 6.07) is 6.68. The van der Waals surface area contributed by atoms with E-state index in [9.17, 15) is 0 Å². The van der Waals surface area contributed by atoms with Gasteiger partial charge in [-0.15, -0.1) is 0 Å².